The summed E-state index contributed by atoms with van der Waals surface area (Å²) in [7, 11) is 1.37. The molecule has 0 atom stereocenters. The Hall–Kier alpha value is -0.840. The monoisotopic (exact) mass is 244 g/mol. The third-order valence-electron chi connectivity index (χ3n) is 2.20. The summed E-state index contributed by atoms with van der Waals surface area (Å²) in [5.74, 6) is -0.351. The standard InChI is InChI=1S/C8H9BrN2O2/c1-13-7(12)6-5-3-2-4-11(5)8(9)10-6/h2-4H2,1H3. The van der Waals surface area contributed by atoms with Crippen LogP contribution in [0, 0.1) is 0 Å². The van der Waals surface area contributed by atoms with Crippen molar-refractivity contribution in [3.05, 3.63) is 16.1 Å². The van der Waals surface area contributed by atoms with Gasteiger partial charge in [0.25, 0.3) is 0 Å². The van der Waals surface area contributed by atoms with Crippen LogP contribution in [0.5, 0.6) is 0 Å². The average molecular weight is 245 g/mol. The van der Waals surface area contributed by atoms with E-state index in [-0.39, 0.29) is 5.97 Å². The summed E-state index contributed by atoms with van der Waals surface area (Å²) >= 11 is 3.31. The third-order valence-corrected chi connectivity index (χ3v) is 2.81. The molecule has 2 heterocycles. The number of carbonyl (C=O) groups is 1. The number of carbonyl (C=O) groups excluding carboxylic acids is 1. The molecule has 0 spiro atoms. The van der Waals surface area contributed by atoms with Crippen LogP contribution < -0.4 is 0 Å². The molecular weight excluding hydrogens is 236 g/mol. The van der Waals surface area contributed by atoms with Crippen LogP contribution in [0.2, 0.25) is 0 Å². The van der Waals surface area contributed by atoms with E-state index in [4.69, 9.17) is 0 Å². The zero-order chi connectivity index (χ0) is 9.42. The van der Waals surface area contributed by atoms with E-state index in [0.717, 1.165) is 29.8 Å². The Morgan fingerprint density at radius 2 is 2.46 bits per heavy atom. The van der Waals surface area contributed by atoms with Crippen molar-refractivity contribution in [1.29, 1.82) is 0 Å². The Kier molecular flexibility index (Phi) is 2.11. The van der Waals surface area contributed by atoms with Gasteiger partial charge in [-0.1, -0.05) is 0 Å². The molecule has 4 nitrogen and oxygen atoms in total. The topological polar surface area (TPSA) is 44.1 Å². The minimum absolute atomic E-state index is 0.351. The van der Waals surface area contributed by atoms with Crippen molar-refractivity contribution < 1.29 is 9.53 Å². The maximum atomic E-state index is 11.3. The number of nitrogens with zero attached hydrogens (tertiary/aromatic N) is 2. The number of halogens is 1. The summed E-state index contributed by atoms with van der Waals surface area (Å²) < 4.78 is 7.37. The van der Waals surface area contributed by atoms with E-state index in [1.807, 2.05) is 4.57 Å². The van der Waals surface area contributed by atoms with E-state index in [0.29, 0.717) is 5.69 Å². The lowest BCUT2D eigenvalue weighted by Crippen LogP contribution is -2.04. The molecule has 0 saturated carbocycles. The van der Waals surface area contributed by atoms with E-state index in [2.05, 4.69) is 25.7 Å². The Morgan fingerprint density at radius 1 is 1.69 bits per heavy atom. The Morgan fingerprint density at radius 3 is 3.15 bits per heavy atom. The van der Waals surface area contributed by atoms with Crippen LogP contribution in [-0.2, 0) is 17.7 Å². The summed E-state index contributed by atoms with van der Waals surface area (Å²) in [6, 6.07) is 0. The van der Waals surface area contributed by atoms with Gasteiger partial charge in [-0.15, -0.1) is 0 Å². The molecule has 1 aromatic rings. The minimum atomic E-state index is -0.351. The number of rotatable bonds is 1. The zero-order valence-corrected chi connectivity index (χ0v) is 8.80. The number of fused-ring (bicyclic) bond motifs is 1. The molecule has 0 fully saturated rings. The molecule has 0 bridgehead atoms. The summed E-state index contributed by atoms with van der Waals surface area (Å²) in [6.07, 6.45) is 1.98. The number of esters is 1. The van der Waals surface area contributed by atoms with Crippen LogP contribution in [0.3, 0.4) is 0 Å². The van der Waals surface area contributed by atoms with E-state index in [1.165, 1.54) is 7.11 Å². The lowest BCUT2D eigenvalue weighted by Gasteiger charge is -1.96. The zero-order valence-electron chi connectivity index (χ0n) is 7.21. The molecule has 1 aliphatic heterocycles. The summed E-state index contributed by atoms with van der Waals surface area (Å²) in [5, 5.41) is 0. The number of methoxy groups -OCH3 is 1. The van der Waals surface area contributed by atoms with Gasteiger partial charge in [-0.2, -0.15) is 0 Å². The molecule has 0 radical (unpaired) electrons. The number of hydrogen-bond donors (Lipinski definition) is 0. The van der Waals surface area contributed by atoms with Crippen molar-refractivity contribution in [2.24, 2.45) is 0 Å². The highest BCUT2D eigenvalue weighted by Gasteiger charge is 2.24. The Bertz CT molecular complexity index is 359. The molecule has 0 saturated heterocycles. The molecule has 0 N–H and O–H groups in total. The SMILES string of the molecule is COC(=O)c1nc(Br)n2c1CCC2. The van der Waals surface area contributed by atoms with Gasteiger partial charge in [-0.25, -0.2) is 9.78 Å². The van der Waals surface area contributed by atoms with Gasteiger partial charge in [0.05, 0.1) is 12.8 Å². The normalized spacial score (nSPS) is 14.3. The maximum absolute atomic E-state index is 11.3. The molecule has 1 aromatic heterocycles. The van der Waals surface area contributed by atoms with Gasteiger partial charge in [0.1, 0.15) is 0 Å². The Labute approximate surface area is 84.0 Å². The second-order valence-corrected chi connectivity index (χ2v) is 3.63. The van der Waals surface area contributed by atoms with Crippen LogP contribution in [0.4, 0.5) is 0 Å². The number of imidazole rings is 1. The molecule has 13 heavy (non-hydrogen) atoms. The molecule has 70 valence electrons. The largest absolute Gasteiger partial charge is 0.464 e. The minimum Gasteiger partial charge on any atom is -0.464 e. The second kappa shape index (κ2) is 3.14. The van der Waals surface area contributed by atoms with E-state index in [9.17, 15) is 4.79 Å². The van der Waals surface area contributed by atoms with Gasteiger partial charge < -0.3 is 9.30 Å². The van der Waals surface area contributed by atoms with Gasteiger partial charge in [-0.3, -0.25) is 0 Å². The van der Waals surface area contributed by atoms with Gasteiger partial charge in [0.2, 0.25) is 0 Å². The Balaban J connectivity index is 2.48. The van der Waals surface area contributed by atoms with Crippen LogP contribution in [0.25, 0.3) is 0 Å². The number of hydrogen-bond acceptors (Lipinski definition) is 3. The molecule has 0 aliphatic carbocycles. The van der Waals surface area contributed by atoms with Crippen LogP contribution in [0.1, 0.15) is 22.6 Å². The fourth-order valence-corrected chi connectivity index (χ4v) is 2.17. The third kappa shape index (κ3) is 1.27. The van der Waals surface area contributed by atoms with Crippen molar-refractivity contribution in [1.82, 2.24) is 9.55 Å². The van der Waals surface area contributed by atoms with Crippen molar-refractivity contribution in [3.63, 3.8) is 0 Å². The second-order valence-electron chi connectivity index (χ2n) is 2.92. The molecule has 5 heteroatoms. The van der Waals surface area contributed by atoms with E-state index >= 15 is 0 Å². The highest BCUT2D eigenvalue weighted by Crippen LogP contribution is 2.24. The van der Waals surface area contributed by atoms with Crippen molar-refractivity contribution in [2.45, 2.75) is 19.4 Å². The first-order chi connectivity index (χ1) is 6.24. The molecule has 1 aliphatic rings. The van der Waals surface area contributed by atoms with Crippen LogP contribution in [-0.4, -0.2) is 22.6 Å². The number of ether oxygens (including phenoxy) is 1. The smallest absolute Gasteiger partial charge is 0.358 e. The van der Waals surface area contributed by atoms with Gasteiger partial charge in [0, 0.05) is 6.54 Å². The molecular formula is C8H9BrN2O2. The fraction of sp³-hybridized carbons (Fsp3) is 0.500. The van der Waals surface area contributed by atoms with E-state index in [1.54, 1.807) is 0 Å². The summed E-state index contributed by atoms with van der Waals surface area (Å²) in [5.41, 5.74) is 1.44. The first-order valence-electron chi connectivity index (χ1n) is 4.07. The summed E-state index contributed by atoms with van der Waals surface area (Å²) in [4.78, 5) is 15.4. The lowest BCUT2D eigenvalue weighted by atomic mass is 10.2. The van der Waals surface area contributed by atoms with Gasteiger partial charge >= 0.3 is 5.97 Å². The highest BCUT2D eigenvalue weighted by molar-refractivity contribution is 9.10. The van der Waals surface area contributed by atoms with Gasteiger partial charge in [-0.05, 0) is 28.8 Å². The summed E-state index contributed by atoms with van der Waals surface area (Å²) in [6.45, 7) is 0.930. The fourth-order valence-electron chi connectivity index (χ4n) is 1.60. The quantitative estimate of drug-likeness (QED) is 0.702. The predicted molar refractivity (Wildman–Crippen MR) is 49.6 cm³/mol. The first-order valence-corrected chi connectivity index (χ1v) is 4.86. The molecule has 0 amide bonds. The molecule has 0 aromatic carbocycles. The van der Waals surface area contributed by atoms with Crippen LogP contribution >= 0.6 is 15.9 Å². The van der Waals surface area contributed by atoms with Crippen LogP contribution in [0.15, 0.2) is 4.73 Å². The van der Waals surface area contributed by atoms with Gasteiger partial charge in [0.15, 0.2) is 10.4 Å². The molecule has 0 unspecified atom stereocenters. The maximum Gasteiger partial charge on any atom is 0.358 e. The molecule has 2 rings (SSSR count). The lowest BCUT2D eigenvalue weighted by molar-refractivity contribution is 0.0593. The van der Waals surface area contributed by atoms with Crippen molar-refractivity contribution in [2.75, 3.05) is 7.11 Å². The van der Waals surface area contributed by atoms with E-state index < -0.39 is 0 Å². The average Bonchev–Trinajstić information content (AvgIpc) is 2.68. The first kappa shape index (κ1) is 8.74. The van der Waals surface area contributed by atoms with Crippen molar-refractivity contribution in [3.8, 4) is 0 Å². The predicted octanol–water partition coefficient (Wildman–Crippen LogP) is 1.38. The van der Waals surface area contributed by atoms with Crippen molar-refractivity contribution >= 4 is 21.9 Å². The number of aromatic nitrogens is 2. The highest BCUT2D eigenvalue weighted by atomic mass is 79.9.